The second kappa shape index (κ2) is 6.87. The van der Waals surface area contributed by atoms with Crippen LogP contribution in [0.2, 0.25) is 0 Å². The molecule has 0 aliphatic heterocycles. The Morgan fingerprint density at radius 3 is 2.38 bits per heavy atom. The molecule has 1 heterocycles. The van der Waals surface area contributed by atoms with E-state index in [4.69, 9.17) is 4.74 Å². The van der Waals surface area contributed by atoms with Crippen LogP contribution in [-0.2, 0) is 26.0 Å². The van der Waals surface area contributed by atoms with Gasteiger partial charge in [0.2, 0.25) is 0 Å². The highest BCUT2D eigenvalue weighted by molar-refractivity contribution is 7.90. The molecule has 0 aliphatic rings. The van der Waals surface area contributed by atoms with Crippen LogP contribution in [-0.4, -0.2) is 25.0 Å². The summed E-state index contributed by atoms with van der Waals surface area (Å²) in [5.41, 5.74) is 0.540. The maximum Gasteiger partial charge on any atom is 0.310 e. The Bertz CT molecular complexity index is 1070. The second-order valence-electron chi connectivity index (χ2n) is 5.55. The van der Waals surface area contributed by atoms with Gasteiger partial charge in [0.05, 0.1) is 23.4 Å². The lowest BCUT2D eigenvalue weighted by molar-refractivity contribution is -0.142. The Labute approximate surface area is 148 Å². The van der Waals surface area contributed by atoms with Crippen molar-refractivity contribution in [2.24, 2.45) is 0 Å². The van der Waals surface area contributed by atoms with Gasteiger partial charge in [-0.25, -0.2) is 21.2 Å². The molecule has 136 valence electrons. The summed E-state index contributed by atoms with van der Waals surface area (Å²) in [4.78, 5) is 11.7. The molecule has 0 bridgehead atoms. The van der Waals surface area contributed by atoms with Gasteiger partial charge in [0.1, 0.15) is 11.6 Å². The molecule has 0 fully saturated rings. The third-order valence-corrected chi connectivity index (χ3v) is 5.51. The Hall–Kier alpha value is -2.74. The number of halogens is 2. The van der Waals surface area contributed by atoms with Gasteiger partial charge in [-0.3, -0.25) is 4.79 Å². The van der Waals surface area contributed by atoms with E-state index in [9.17, 15) is 22.0 Å². The summed E-state index contributed by atoms with van der Waals surface area (Å²) in [5, 5.41) is 0.295. The van der Waals surface area contributed by atoms with Crippen molar-refractivity contribution in [2.45, 2.75) is 18.2 Å². The first kappa shape index (κ1) is 18.1. The molecule has 0 saturated carbocycles. The molecule has 0 unspecified atom stereocenters. The van der Waals surface area contributed by atoms with Crippen molar-refractivity contribution in [1.29, 1.82) is 0 Å². The first-order chi connectivity index (χ1) is 12.3. The van der Waals surface area contributed by atoms with Gasteiger partial charge in [-0.05, 0) is 55.0 Å². The lowest BCUT2D eigenvalue weighted by atomic mass is 10.1. The second-order valence-corrected chi connectivity index (χ2v) is 7.37. The first-order valence-corrected chi connectivity index (χ1v) is 9.23. The summed E-state index contributed by atoms with van der Waals surface area (Å²) < 4.78 is 58.4. The van der Waals surface area contributed by atoms with Crippen molar-refractivity contribution in [3.8, 4) is 0 Å². The Kier molecular flexibility index (Phi) is 4.78. The molecule has 0 radical (unpaired) electrons. The van der Waals surface area contributed by atoms with Crippen molar-refractivity contribution in [2.75, 3.05) is 6.61 Å². The maximum atomic E-state index is 13.7. The van der Waals surface area contributed by atoms with Gasteiger partial charge in [-0.2, -0.15) is 0 Å². The van der Waals surface area contributed by atoms with Crippen LogP contribution in [0.15, 0.2) is 53.6 Å². The van der Waals surface area contributed by atoms with Crippen molar-refractivity contribution >= 4 is 26.9 Å². The average molecular weight is 379 g/mol. The molecule has 0 spiro atoms. The molecule has 0 saturated heterocycles. The lowest BCUT2D eigenvalue weighted by Crippen LogP contribution is -2.12. The molecule has 8 heteroatoms. The van der Waals surface area contributed by atoms with Gasteiger partial charge in [0.25, 0.3) is 10.0 Å². The number of esters is 1. The summed E-state index contributed by atoms with van der Waals surface area (Å²) in [7, 11) is -4.05. The highest BCUT2D eigenvalue weighted by Gasteiger charge is 2.22. The zero-order chi connectivity index (χ0) is 18.9. The molecule has 3 rings (SSSR count). The molecule has 5 nitrogen and oxygen atoms in total. The Morgan fingerprint density at radius 1 is 1.08 bits per heavy atom. The van der Waals surface area contributed by atoms with Crippen molar-refractivity contribution in [1.82, 2.24) is 3.97 Å². The SMILES string of the molecule is CCOC(=O)Cc1cn(S(=O)(=O)c2ccc(F)cc2)c2ccc(F)cc12. The summed E-state index contributed by atoms with van der Waals surface area (Å²) in [5.74, 6) is -1.67. The van der Waals surface area contributed by atoms with E-state index in [-0.39, 0.29) is 23.4 Å². The number of benzene rings is 2. The van der Waals surface area contributed by atoms with Crippen molar-refractivity contribution in [3.05, 3.63) is 65.9 Å². The third kappa shape index (κ3) is 3.32. The monoisotopic (exact) mass is 379 g/mol. The first-order valence-electron chi connectivity index (χ1n) is 7.79. The number of fused-ring (bicyclic) bond motifs is 1. The highest BCUT2D eigenvalue weighted by atomic mass is 32.2. The molecule has 0 N–H and O–H groups in total. The number of ether oxygens (including phenoxy) is 1. The number of aromatic nitrogens is 1. The van der Waals surface area contributed by atoms with E-state index in [0.717, 1.165) is 34.3 Å². The smallest absolute Gasteiger partial charge is 0.310 e. The van der Waals surface area contributed by atoms with E-state index < -0.39 is 27.6 Å². The zero-order valence-electron chi connectivity index (χ0n) is 13.8. The van der Waals surface area contributed by atoms with E-state index in [0.29, 0.717) is 10.9 Å². The van der Waals surface area contributed by atoms with Crippen LogP contribution >= 0.6 is 0 Å². The van der Waals surface area contributed by atoms with Crippen LogP contribution in [0.3, 0.4) is 0 Å². The number of carbonyl (C=O) groups is 1. The number of hydrogen-bond acceptors (Lipinski definition) is 4. The number of rotatable bonds is 5. The lowest BCUT2D eigenvalue weighted by Gasteiger charge is -2.07. The van der Waals surface area contributed by atoms with E-state index in [2.05, 4.69) is 0 Å². The average Bonchev–Trinajstić information content (AvgIpc) is 2.94. The van der Waals surface area contributed by atoms with Crippen LogP contribution in [0, 0.1) is 11.6 Å². The fourth-order valence-corrected chi connectivity index (χ4v) is 4.06. The van der Waals surface area contributed by atoms with E-state index >= 15 is 0 Å². The van der Waals surface area contributed by atoms with Gasteiger partial charge >= 0.3 is 5.97 Å². The molecule has 0 amide bonds. The maximum absolute atomic E-state index is 13.7. The van der Waals surface area contributed by atoms with E-state index in [1.165, 1.54) is 18.3 Å². The van der Waals surface area contributed by atoms with Gasteiger partial charge < -0.3 is 4.74 Å². The van der Waals surface area contributed by atoms with Crippen LogP contribution in [0.5, 0.6) is 0 Å². The summed E-state index contributed by atoms with van der Waals surface area (Å²) in [6.07, 6.45) is 1.07. The largest absolute Gasteiger partial charge is 0.466 e. The van der Waals surface area contributed by atoms with Crippen LogP contribution in [0.4, 0.5) is 8.78 Å². The fraction of sp³-hybridized carbons (Fsp3) is 0.167. The molecule has 2 aromatic carbocycles. The Morgan fingerprint density at radius 2 is 1.73 bits per heavy atom. The zero-order valence-corrected chi connectivity index (χ0v) is 14.6. The molecule has 1 aromatic heterocycles. The van der Waals surface area contributed by atoms with Crippen molar-refractivity contribution < 1.29 is 26.7 Å². The minimum absolute atomic E-state index is 0.122. The molecule has 0 aliphatic carbocycles. The number of nitrogens with zero attached hydrogens (tertiary/aromatic N) is 1. The third-order valence-electron chi connectivity index (χ3n) is 3.83. The predicted octanol–water partition coefficient (Wildman–Crippen LogP) is 3.26. The van der Waals surface area contributed by atoms with Gasteiger partial charge in [-0.1, -0.05) is 0 Å². The molecular weight excluding hydrogens is 364 g/mol. The van der Waals surface area contributed by atoms with Gasteiger partial charge in [0.15, 0.2) is 0 Å². The van der Waals surface area contributed by atoms with E-state index in [1.807, 2.05) is 0 Å². The highest BCUT2D eigenvalue weighted by Crippen LogP contribution is 2.27. The standard InChI is InChI=1S/C18H15F2NO4S/c1-2-25-18(22)9-12-11-21(17-8-5-14(20)10-16(12)17)26(23,24)15-6-3-13(19)4-7-15/h3-8,10-11H,2,9H2,1H3. The minimum atomic E-state index is -4.05. The van der Waals surface area contributed by atoms with Crippen LogP contribution in [0.25, 0.3) is 10.9 Å². The van der Waals surface area contributed by atoms with Gasteiger partial charge in [-0.15, -0.1) is 0 Å². The molecular formula is C18H15F2NO4S. The summed E-state index contributed by atoms with van der Waals surface area (Å²) in [6.45, 7) is 1.83. The molecule has 0 atom stereocenters. The number of carbonyl (C=O) groups excluding carboxylic acids is 1. The van der Waals surface area contributed by atoms with Crippen molar-refractivity contribution in [3.63, 3.8) is 0 Å². The number of hydrogen-bond donors (Lipinski definition) is 0. The normalized spacial score (nSPS) is 11.7. The van der Waals surface area contributed by atoms with Crippen LogP contribution in [0.1, 0.15) is 12.5 Å². The van der Waals surface area contributed by atoms with Gasteiger partial charge in [0, 0.05) is 11.6 Å². The Balaban J connectivity index is 2.17. The van der Waals surface area contributed by atoms with E-state index in [1.54, 1.807) is 6.92 Å². The van der Waals surface area contributed by atoms with Crippen LogP contribution < -0.4 is 0 Å². The molecule has 26 heavy (non-hydrogen) atoms. The fourth-order valence-electron chi connectivity index (χ4n) is 2.67. The molecule has 3 aromatic rings. The summed E-state index contributed by atoms with van der Waals surface area (Å²) >= 11 is 0. The topological polar surface area (TPSA) is 65.4 Å². The quantitative estimate of drug-likeness (QED) is 0.639. The summed E-state index contributed by atoms with van der Waals surface area (Å²) in [6, 6.07) is 7.99. The predicted molar refractivity (Wildman–Crippen MR) is 91.2 cm³/mol. The minimum Gasteiger partial charge on any atom is -0.466 e.